The molecule has 4 heteroatoms. The van der Waals surface area contributed by atoms with Crippen LogP contribution in [-0.2, 0) is 9.59 Å². The first-order valence-electron chi connectivity index (χ1n) is 9.89. The molecule has 0 aliphatic heterocycles. The van der Waals surface area contributed by atoms with E-state index in [9.17, 15) is 9.59 Å². The van der Waals surface area contributed by atoms with Crippen LogP contribution in [0.3, 0.4) is 0 Å². The number of carbonyl (C=O) groups is 2. The second-order valence-electron chi connectivity index (χ2n) is 7.56. The van der Waals surface area contributed by atoms with Gasteiger partial charge in [-0.15, -0.1) is 0 Å². The summed E-state index contributed by atoms with van der Waals surface area (Å²) in [6, 6.07) is 27.3. The fourth-order valence-electron chi connectivity index (χ4n) is 4.04. The summed E-state index contributed by atoms with van der Waals surface area (Å²) in [4.78, 5) is 25.7. The molecule has 1 aliphatic rings. The Balaban J connectivity index is 1.33. The molecule has 4 aromatic rings. The van der Waals surface area contributed by atoms with Gasteiger partial charge in [0, 0.05) is 22.1 Å². The van der Waals surface area contributed by atoms with Crippen molar-refractivity contribution in [1.82, 2.24) is 0 Å². The molecule has 0 spiro atoms. The molecule has 0 bridgehead atoms. The minimum atomic E-state index is -0.515. The monoisotopic (exact) mass is 392 g/mol. The zero-order valence-corrected chi connectivity index (χ0v) is 16.3. The average molecular weight is 392 g/mol. The Hall–Kier alpha value is -3.92. The normalized spacial score (nSPS) is 17.7. The number of carbonyl (C=O) groups excluding carboxylic acids is 2. The topological polar surface area (TPSA) is 58.2 Å². The van der Waals surface area contributed by atoms with Gasteiger partial charge in [-0.25, -0.2) is 0 Å². The minimum absolute atomic E-state index is 0.200. The second kappa shape index (κ2) is 7.16. The van der Waals surface area contributed by atoms with E-state index in [4.69, 9.17) is 0 Å². The lowest BCUT2D eigenvalue weighted by molar-refractivity contribution is -0.122. The summed E-state index contributed by atoms with van der Waals surface area (Å²) < 4.78 is 0. The molecule has 2 N–H and O–H groups in total. The summed E-state index contributed by atoms with van der Waals surface area (Å²) in [6.07, 6.45) is 0. The van der Waals surface area contributed by atoms with Crippen molar-refractivity contribution in [1.29, 1.82) is 0 Å². The van der Waals surface area contributed by atoms with E-state index in [0.717, 1.165) is 32.9 Å². The lowest BCUT2D eigenvalue weighted by atomic mass is 10.1. The number of fused-ring (bicyclic) bond motifs is 2. The van der Waals surface area contributed by atoms with Gasteiger partial charge >= 0.3 is 0 Å². The van der Waals surface area contributed by atoms with Gasteiger partial charge in [-0.2, -0.15) is 0 Å². The van der Waals surface area contributed by atoms with Gasteiger partial charge in [-0.05, 0) is 22.9 Å². The van der Waals surface area contributed by atoms with E-state index in [1.807, 2.05) is 84.9 Å². The van der Waals surface area contributed by atoms with Crippen LogP contribution in [0.2, 0.25) is 0 Å². The third-order valence-electron chi connectivity index (χ3n) is 5.68. The molecular weight excluding hydrogens is 372 g/mol. The van der Waals surface area contributed by atoms with Gasteiger partial charge in [0.15, 0.2) is 0 Å². The molecule has 1 unspecified atom stereocenters. The Labute approximate surface area is 174 Å². The lowest BCUT2D eigenvalue weighted by Crippen LogP contribution is -2.20. The number of hydrogen-bond donors (Lipinski definition) is 2. The molecule has 0 radical (unpaired) electrons. The van der Waals surface area contributed by atoms with Crippen LogP contribution in [0.15, 0.2) is 97.1 Å². The van der Waals surface area contributed by atoms with Crippen LogP contribution in [0.5, 0.6) is 0 Å². The van der Waals surface area contributed by atoms with Gasteiger partial charge in [0.1, 0.15) is 0 Å². The maximum atomic E-state index is 12.9. The van der Waals surface area contributed by atoms with Crippen molar-refractivity contribution in [2.24, 2.45) is 11.8 Å². The number of hydrogen-bond acceptors (Lipinski definition) is 2. The van der Waals surface area contributed by atoms with Crippen LogP contribution in [0, 0.1) is 11.8 Å². The van der Waals surface area contributed by atoms with E-state index < -0.39 is 11.8 Å². The fourth-order valence-corrected chi connectivity index (χ4v) is 4.04. The predicted octanol–water partition coefficient (Wildman–Crippen LogP) is 5.37. The summed E-state index contributed by atoms with van der Waals surface area (Å²) >= 11 is 0. The molecule has 4 aromatic carbocycles. The van der Waals surface area contributed by atoms with Crippen molar-refractivity contribution < 1.29 is 9.59 Å². The van der Waals surface area contributed by atoms with E-state index in [1.165, 1.54) is 0 Å². The number of benzene rings is 4. The van der Waals surface area contributed by atoms with E-state index in [0.29, 0.717) is 5.57 Å². The highest BCUT2D eigenvalue weighted by Gasteiger charge is 2.52. The van der Waals surface area contributed by atoms with Gasteiger partial charge in [0.25, 0.3) is 0 Å². The number of amides is 2. The molecule has 1 saturated carbocycles. The van der Waals surface area contributed by atoms with Gasteiger partial charge in [0.2, 0.25) is 11.8 Å². The quantitative estimate of drug-likeness (QED) is 0.459. The summed E-state index contributed by atoms with van der Waals surface area (Å²) in [7, 11) is 0. The van der Waals surface area contributed by atoms with Gasteiger partial charge in [-0.1, -0.05) is 84.9 Å². The highest BCUT2D eigenvalue weighted by atomic mass is 16.2. The molecule has 146 valence electrons. The minimum Gasteiger partial charge on any atom is -0.325 e. The van der Waals surface area contributed by atoms with Crippen molar-refractivity contribution >= 4 is 44.7 Å². The molecule has 2 atom stereocenters. The second-order valence-corrected chi connectivity index (χ2v) is 7.56. The van der Waals surface area contributed by atoms with Crippen LogP contribution < -0.4 is 10.6 Å². The Morgan fingerprint density at radius 1 is 0.600 bits per heavy atom. The van der Waals surface area contributed by atoms with Gasteiger partial charge in [-0.3, -0.25) is 9.59 Å². The Morgan fingerprint density at radius 2 is 1.00 bits per heavy atom. The van der Waals surface area contributed by atoms with Crippen molar-refractivity contribution in [3.63, 3.8) is 0 Å². The average Bonchev–Trinajstić information content (AvgIpc) is 3.45. The molecule has 1 aliphatic carbocycles. The molecule has 5 rings (SSSR count). The van der Waals surface area contributed by atoms with Gasteiger partial charge in [0.05, 0.1) is 11.8 Å². The molecule has 0 aromatic heterocycles. The third kappa shape index (κ3) is 3.12. The fraction of sp³-hybridized carbons (Fsp3) is 0.0769. The van der Waals surface area contributed by atoms with E-state index in [-0.39, 0.29) is 11.8 Å². The van der Waals surface area contributed by atoms with Crippen LogP contribution in [0.1, 0.15) is 0 Å². The third-order valence-corrected chi connectivity index (χ3v) is 5.68. The Bertz CT molecular complexity index is 1210. The molecule has 1 fully saturated rings. The van der Waals surface area contributed by atoms with Crippen LogP contribution in [-0.4, -0.2) is 11.8 Å². The largest absolute Gasteiger partial charge is 0.325 e. The van der Waals surface area contributed by atoms with Crippen molar-refractivity contribution in [3.8, 4) is 0 Å². The first kappa shape index (κ1) is 18.1. The summed E-state index contributed by atoms with van der Waals surface area (Å²) in [5.74, 6) is -1.43. The maximum absolute atomic E-state index is 12.9. The van der Waals surface area contributed by atoms with Crippen molar-refractivity contribution in [2.45, 2.75) is 0 Å². The molecule has 0 heterocycles. The van der Waals surface area contributed by atoms with E-state index in [1.54, 1.807) is 0 Å². The zero-order chi connectivity index (χ0) is 20.7. The standard InChI is InChI=1S/C26H20N2O2/c1-16-23(25(29)27-21-14-6-10-17-8-2-4-12-19(17)21)24(16)26(30)28-22-15-7-11-18-9-3-5-13-20(18)22/h2-15,23-24H,1H2,(H,27,29)(H,28,30)/t23-,24?/m1/s1. The Kier molecular flexibility index (Phi) is 4.32. The number of rotatable bonds is 4. The van der Waals surface area contributed by atoms with Crippen LogP contribution in [0.25, 0.3) is 21.5 Å². The van der Waals surface area contributed by atoms with Crippen LogP contribution >= 0.6 is 0 Å². The summed E-state index contributed by atoms with van der Waals surface area (Å²) in [5, 5.41) is 9.99. The van der Waals surface area contributed by atoms with Gasteiger partial charge < -0.3 is 10.6 Å². The summed E-state index contributed by atoms with van der Waals surface area (Å²) in [6.45, 7) is 3.96. The highest BCUT2D eigenvalue weighted by Crippen LogP contribution is 2.46. The molecule has 2 amide bonds. The smallest absolute Gasteiger partial charge is 0.232 e. The lowest BCUT2D eigenvalue weighted by Gasteiger charge is -2.09. The number of nitrogens with one attached hydrogen (secondary N) is 2. The van der Waals surface area contributed by atoms with Crippen molar-refractivity contribution in [2.75, 3.05) is 10.6 Å². The summed E-state index contributed by atoms with van der Waals surface area (Å²) in [5.41, 5.74) is 2.13. The maximum Gasteiger partial charge on any atom is 0.232 e. The van der Waals surface area contributed by atoms with Crippen molar-refractivity contribution in [3.05, 3.63) is 97.1 Å². The number of anilines is 2. The molecule has 0 saturated heterocycles. The molecular formula is C26H20N2O2. The molecule has 4 nitrogen and oxygen atoms in total. The first-order valence-corrected chi connectivity index (χ1v) is 9.89. The molecule has 30 heavy (non-hydrogen) atoms. The first-order chi connectivity index (χ1) is 14.6. The Morgan fingerprint density at radius 3 is 1.47 bits per heavy atom. The zero-order valence-electron chi connectivity index (χ0n) is 16.3. The highest BCUT2D eigenvalue weighted by molar-refractivity contribution is 6.12. The van der Waals surface area contributed by atoms with E-state index >= 15 is 0 Å². The predicted molar refractivity (Wildman–Crippen MR) is 121 cm³/mol. The SMILES string of the molecule is C=C1C(C(=O)Nc2cccc3ccccc23)[C@@H]1C(=O)Nc1cccc2ccccc12. The van der Waals surface area contributed by atoms with Crippen LogP contribution in [0.4, 0.5) is 11.4 Å². The van der Waals surface area contributed by atoms with E-state index in [2.05, 4.69) is 17.2 Å².